The molecule has 0 aliphatic carbocycles. The summed E-state index contributed by atoms with van der Waals surface area (Å²) >= 11 is 0. The molecule has 1 atom stereocenters. The van der Waals surface area contributed by atoms with Crippen molar-refractivity contribution in [2.45, 2.75) is 38.8 Å². The smallest absolute Gasteiger partial charge is 0.203 e. The molecular formula is C24H36N4O4. The van der Waals surface area contributed by atoms with Crippen LogP contribution in [0.1, 0.15) is 31.1 Å². The number of rotatable bonds is 11. The summed E-state index contributed by atoms with van der Waals surface area (Å²) in [5.74, 6) is 3.57. The van der Waals surface area contributed by atoms with Crippen LogP contribution in [0.15, 0.2) is 39.9 Å². The second-order valence-electron chi connectivity index (χ2n) is 7.76. The highest BCUT2D eigenvalue weighted by molar-refractivity contribution is 5.79. The number of likely N-dealkylation sites (N-methyl/N-ethyl adjacent to an activating group) is 1. The number of hydrogen-bond donors (Lipinski definition) is 2. The van der Waals surface area contributed by atoms with Crippen molar-refractivity contribution in [1.29, 1.82) is 0 Å². The van der Waals surface area contributed by atoms with E-state index >= 15 is 0 Å². The lowest BCUT2D eigenvalue weighted by molar-refractivity contribution is 0.267. The topological polar surface area (TPSA) is 80.5 Å². The van der Waals surface area contributed by atoms with Gasteiger partial charge in [-0.2, -0.15) is 0 Å². The predicted octanol–water partition coefficient (Wildman–Crippen LogP) is 3.07. The second-order valence-corrected chi connectivity index (χ2v) is 7.76. The normalized spacial score (nSPS) is 16.8. The van der Waals surface area contributed by atoms with Crippen LogP contribution in [-0.2, 0) is 13.0 Å². The van der Waals surface area contributed by atoms with Gasteiger partial charge >= 0.3 is 0 Å². The molecule has 1 fully saturated rings. The van der Waals surface area contributed by atoms with Crippen molar-refractivity contribution in [3.63, 3.8) is 0 Å². The Morgan fingerprint density at radius 1 is 1.16 bits per heavy atom. The minimum Gasteiger partial charge on any atom is -0.493 e. The van der Waals surface area contributed by atoms with Crippen molar-refractivity contribution in [2.75, 3.05) is 47.5 Å². The maximum absolute atomic E-state index is 5.47. The minimum atomic E-state index is 0.481. The maximum Gasteiger partial charge on any atom is 0.203 e. The van der Waals surface area contributed by atoms with Crippen LogP contribution >= 0.6 is 0 Å². The van der Waals surface area contributed by atoms with E-state index in [9.17, 15) is 0 Å². The fraction of sp³-hybridized carbons (Fsp3) is 0.542. The molecule has 1 unspecified atom stereocenters. The zero-order valence-corrected chi connectivity index (χ0v) is 19.6. The van der Waals surface area contributed by atoms with Crippen molar-refractivity contribution >= 4 is 5.96 Å². The van der Waals surface area contributed by atoms with E-state index in [0.717, 1.165) is 43.3 Å². The average molecular weight is 445 g/mol. The van der Waals surface area contributed by atoms with Crippen LogP contribution in [0.4, 0.5) is 0 Å². The zero-order valence-electron chi connectivity index (χ0n) is 19.6. The Bertz CT molecular complexity index is 829. The summed E-state index contributed by atoms with van der Waals surface area (Å²) in [7, 11) is 4.84. The minimum absolute atomic E-state index is 0.481. The van der Waals surface area contributed by atoms with E-state index in [0.29, 0.717) is 29.8 Å². The summed E-state index contributed by atoms with van der Waals surface area (Å²) in [5, 5.41) is 6.97. The fourth-order valence-electron chi connectivity index (χ4n) is 4.09. The summed E-state index contributed by atoms with van der Waals surface area (Å²) < 4.78 is 21.8. The van der Waals surface area contributed by atoms with Crippen LogP contribution in [0.25, 0.3) is 0 Å². The van der Waals surface area contributed by atoms with Crippen LogP contribution < -0.4 is 24.8 Å². The number of nitrogens with one attached hydrogen (secondary N) is 2. The van der Waals surface area contributed by atoms with Crippen molar-refractivity contribution in [3.05, 3.63) is 41.9 Å². The standard InChI is InChI=1S/C24H36N4O4/c1-5-28-12-6-8-19(28)17-27-24(25-11-10-20-9-7-13-32-20)26-16-18-14-21(29-2)23(31-4)22(15-18)30-3/h7,9,13-15,19H,5-6,8,10-12,16-17H2,1-4H3,(H2,25,26,27). The van der Waals surface area contributed by atoms with Gasteiger partial charge in [0.2, 0.25) is 5.75 Å². The third-order valence-corrected chi connectivity index (χ3v) is 5.80. The molecule has 0 saturated carbocycles. The van der Waals surface area contributed by atoms with Crippen molar-refractivity contribution in [1.82, 2.24) is 15.5 Å². The van der Waals surface area contributed by atoms with Gasteiger partial charge in [0.25, 0.3) is 0 Å². The number of methoxy groups -OCH3 is 3. The molecule has 1 aliphatic rings. The molecule has 0 radical (unpaired) electrons. The predicted molar refractivity (Wildman–Crippen MR) is 126 cm³/mol. The van der Waals surface area contributed by atoms with E-state index in [1.54, 1.807) is 27.6 Å². The third-order valence-electron chi connectivity index (χ3n) is 5.80. The maximum atomic E-state index is 5.47. The number of ether oxygens (including phenoxy) is 3. The summed E-state index contributed by atoms with van der Waals surface area (Å²) in [6, 6.07) is 8.30. The van der Waals surface area contributed by atoms with Crippen molar-refractivity contribution in [3.8, 4) is 17.2 Å². The molecule has 2 aromatic rings. The van der Waals surface area contributed by atoms with Crippen molar-refractivity contribution < 1.29 is 18.6 Å². The van der Waals surface area contributed by atoms with Crippen LogP contribution in [0.3, 0.4) is 0 Å². The number of hydrogen-bond acceptors (Lipinski definition) is 6. The van der Waals surface area contributed by atoms with E-state index in [-0.39, 0.29) is 0 Å². The largest absolute Gasteiger partial charge is 0.493 e. The highest BCUT2D eigenvalue weighted by Gasteiger charge is 2.22. The molecule has 3 rings (SSSR count). The number of furan rings is 1. The van der Waals surface area contributed by atoms with Gasteiger partial charge in [-0.1, -0.05) is 6.92 Å². The first-order valence-corrected chi connectivity index (χ1v) is 11.3. The van der Waals surface area contributed by atoms with Gasteiger partial charge in [0.1, 0.15) is 5.76 Å². The highest BCUT2D eigenvalue weighted by atomic mass is 16.5. The molecule has 2 heterocycles. The van der Waals surface area contributed by atoms with E-state index in [4.69, 9.17) is 23.6 Å². The molecule has 0 spiro atoms. The molecule has 1 saturated heterocycles. The Hall–Kier alpha value is -2.87. The Morgan fingerprint density at radius 3 is 2.56 bits per heavy atom. The van der Waals surface area contributed by atoms with Gasteiger partial charge in [0, 0.05) is 25.6 Å². The van der Waals surface area contributed by atoms with Gasteiger partial charge in [-0.05, 0) is 55.8 Å². The summed E-state index contributed by atoms with van der Waals surface area (Å²) in [4.78, 5) is 7.34. The summed E-state index contributed by atoms with van der Waals surface area (Å²) in [5.41, 5.74) is 0.975. The molecule has 2 N–H and O–H groups in total. The number of likely N-dealkylation sites (tertiary alicyclic amines) is 1. The summed E-state index contributed by atoms with van der Waals surface area (Å²) in [6.45, 7) is 6.56. The number of guanidine groups is 1. The number of aliphatic imine (C=N–C) groups is 1. The van der Waals surface area contributed by atoms with E-state index in [1.807, 2.05) is 24.3 Å². The molecule has 176 valence electrons. The van der Waals surface area contributed by atoms with Crippen LogP contribution in [0.5, 0.6) is 17.2 Å². The first-order chi connectivity index (χ1) is 15.7. The van der Waals surface area contributed by atoms with Gasteiger partial charge in [-0.25, -0.2) is 4.99 Å². The van der Waals surface area contributed by atoms with Gasteiger partial charge in [0.15, 0.2) is 17.5 Å². The molecule has 32 heavy (non-hydrogen) atoms. The molecule has 0 bridgehead atoms. The van der Waals surface area contributed by atoms with E-state index in [1.165, 1.54) is 19.4 Å². The molecule has 1 aliphatic heterocycles. The SMILES string of the molecule is CCN1CCCC1CNC(=NCc1cc(OC)c(OC)c(OC)c1)NCCc1ccco1. The van der Waals surface area contributed by atoms with E-state index < -0.39 is 0 Å². The van der Waals surface area contributed by atoms with Gasteiger partial charge in [-0.15, -0.1) is 0 Å². The van der Waals surface area contributed by atoms with Crippen molar-refractivity contribution in [2.24, 2.45) is 4.99 Å². The second kappa shape index (κ2) is 12.2. The quantitative estimate of drug-likeness (QED) is 0.407. The number of nitrogens with zero attached hydrogens (tertiary/aromatic N) is 2. The highest BCUT2D eigenvalue weighted by Crippen LogP contribution is 2.38. The lowest BCUT2D eigenvalue weighted by Gasteiger charge is -2.24. The van der Waals surface area contributed by atoms with Gasteiger partial charge < -0.3 is 29.3 Å². The molecule has 0 amide bonds. The Balaban J connectivity index is 1.69. The first-order valence-electron chi connectivity index (χ1n) is 11.3. The van der Waals surface area contributed by atoms with Gasteiger partial charge in [-0.3, -0.25) is 4.90 Å². The third kappa shape index (κ3) is 6.32. The van der Waals surface area contributed by atoms with Crippen LogP contribution in [0, 0.1) is 0 Å². The zero-order chi connectivity index (χ0) is 22.8. The molecule has 8 nitrogen and oxygen atoms in total. The van der Waals surface area contributed by atoms with Crippen LogP contribution in [0.2, 0.25) is 0 Å². The molecule has 1 aromatic heterocycles. The summed E-state index contributed by atoms with van der Waals surface area (Å²) in [6.07, 6.45) is 4.96. The van der Waals surface area contributed by atoms with E-state index in [2.05, 4.69) is 22.5 Å². The Kier molecular flexibility index (Phi) is 9.10. The van der Waals surface area contributed by atoms with Crippen LogP contribution in [-0.4, -0.2) is 64.4 Å². The lowest BCUT2D eigenvalue weighted by atomic mass is 10.2. The molecule has 1 aromatic carbocycles. The lowest BCUT2D eigenvalue weighted by Crippen LogP contribution is -2.45. The Morgan fingerprint density at radius 2 is 1.94 bits per heavy atom. The monoisotopic (exact) mass is 444 g/mol. The Labute approximate surface area is 190 Å². The number of benzene rings is 1. The fourth-order valence-corrected chi connectivity index (χ4v) is 4.09. The van der Waals surface area contributed by atoms with Gasteiger partial charge in [0.05, 0.1) is 34.1 Å². The average Bonchev–Trinajstić information content (AvgIpc) is 3.51. The first kappa shape index (κ1) is 23.8. The molecule has 8 heteroatoms. The molecular weight excluding hydrogens is 408 g/mol.